The predicted molar refractivity (Wildman–Crippen MR) is 101 cm³/mol. The van der Waals surface area contributed by atoms with E-state index in [2.05, 4.69) is 45.5 Å². The Kier molecular flexibility index (Phi) is 6.34. The number of nitrogens with one attached hydrogen (secondary N) is 1. The third kappa shape index (κ3) is 5.49. The number of hydrogen-bond donors (Lipinski definition) is 1. The Morgan fingerprint density at radius 2 is 1.68 bits per heavy atom. The number of unbranched alkanes of at least 4 members (excludes halogenated alkanes) is 1. The van der Waals surface area contributed by atoms with Gasteiger partial charge in [-0.1, -0.05) is 34.1 Å². The van der Waals surface area contributed by atoms with Crippen molar-refractivity contribution in [1.82, 2.24) is 5.32 Å². The van der Waals surface area contributed by atoms with Crippen LogP contribution in [-0.2, 0) is 17.8 Å². The summed E-state index contributed by atoms with van der Waals surface area (Å²) >= 11 is 3.44. The standard InChI is InChI=1S/C20H22BrNO3/c21-17-8-5-15(6-9-17)3-1-2-4-20(23)22-14-16-7-10-18-19(13-16)25-12-11-24-18/h5-10,13H,1-4,11-12,14H2,(H,22,23). The Balaban J connectivity index is 1.36. The van der Waals surface area contributed by atoms with E-state index in [-0.39, 0.29) is 5.91 Å². The molecule has 1 N–H and O–H groups in total. The zero-order chi connectivity index (χ0) is 17.5. The summed E-state index contributed by atoms with van der Waals surface area (Å²) in [5, 5.41) is 2.97. The lowest BCUT2D eigenvalue weighted by molar-refractivity contribution is -0.121. The number of carbonyl (C=O) groups is 1. The van der Waals surface area contributed by atoms with Crippen molar-refractivity contribution in [3.63, 3.8) is 0 Å². The summed E-state index contributed by atoms with van der Waals surface area (Å²) < 4.78 is 12.1. The van der Waals surface area contributed by atoms with Crippen LogP contribution in [0.5, 0.6) is 11.5 Å². The highest BCUT2D eigenvalue weighted by atomic mass is 79.9. The number of benzene rings is 2. The molecule has 0 aliphatic carbocycles. The Labute approximate surface area is 156 Å². The van der Waals surface area contributed by atoms with E-state index < -0.39 is 0 Å². The van der Waals surface area contributed by atoms with Crippen molar-refractivity contribution in [3.8, 4) is 11.5 Å². The molecule has 1 amide bonds. The molecular weight excluding hydrogens is 382 g/mol. The summed E-state index contributed by atoms with van der Waals surface area (Å²) in [5.41, 5.74) is 2.33. The molecule has 0 atom stereocenters. The third-order valence-corrected chi connectivity index (χ3v) is 4.66. The van der Waals surface area contributed by atoms with E-state index in [1.54, 1.807) is 0 Å². The van der Waals surface area contributed by atoms with Gasteiger partial charge >= 0.3 is 0 Å². The molecule has 2 aromatic rings. The maximum atomic E-state index is 12.0. The molecule has 1 aliphatic rings. The molecule has 2 aromatic carbocycles. The summed E-state index contributed by atoms with van der Waals surface area (Å²) in [7, 11) is 0. The topological polar surface area (TPSA) is 47.6 Å². The molecule has 3 rings (SSSR count). The van der Waals surface area contributed by atoms with Gasteiger partial charge in [0, 0.05) is 17.4 Å². The lowest BCUT2D eigenvalue weighted by atomic mass is 10.1. The van der Waals surface area contributed by atoms with Gasteiger partial charge in [-0.3, -0.25) is 4.79 Å². The quantitative estimate of drug-likeness (QED) is 0.702. The molecule has 1 heterocycles. The monoisotopic (exact) mass is 403 g/mol. The van der Waals surface area contributed by atoms with Crippen molar-refractivity contribution >= 4 is 21.8 Å². The molecule has 132 valence electrons. The summed E-state index contributed by atoms with van der Waals surface area (Å²) in [6.07, 6.45) is 3.46. The molecule has 0 fully saturated rings. The van der Waals surface area contributed by atoms with Gasteiger partial charge in [0.15, 0.2) is 11.5 Å². The minimum atomic E-state index is 0.0886. The molecule has 0 saturated carbocycles. The summed E-state index contributed by atoms with van der Waals surface area (Å²) in [4.78, 5) is 12.0. The number of amides is 1. The summed E-state index contributed by atoms with van der Waals surface area (Å²) in [6, 6.07) is 14.1. The first-order valence-corrected chi connectivity index (χ1v) is 9.40. The Morgan fingerprint density at radius 1 is 0.960 bits per heavy atom. The molecule has 0 aromatic heterocycles. The van der Waals surface area contributed by atoms with Crippen LogP contribution in [0.4, 0.5) is 0 Å². The van der Waals surface area contributed by atoms with Crippen LogP contribution in [0.3, 0.4) is 0 Å². The zero-order valence-corrected chi connectivity index (χ0v) is 15.7. The minimum absolute atomic E-state index is 0.0886. The normalized spacial score (nSPS) is 12.7. The van der Waals surface area contributed by atoms with Crippen molar-refractivity contribution in [2.24, 2.45) is 0 Å². The van der Waals surface area contributed by atoms with E-state index in [9.17, 15) is 4.79 Å². The summed E-state index contributed by atoms with van der Waals surface area (Å²) in [6.45, 7) is 1.67. The molecule has 4 nitrogen and oxygen atoms in total. The van der Waals surface area contributed by atoms with Gasteiger partial charge in [-0.2, -0.15) is 0 Å². The van der Waals surface area contributed by atoms with Crippen LogP contribution in [-0.4, -0.2) is 19.1 Å². The van der Waals surface area contributed by atoms with Gasteiger partial charge in [-0.25, -0.2) is 0 Å². The number of fused-ring (bicyclic) bond motifs is 1. The predicted octanol–water partition coefficient (Wildman–Crippen LogP) is 4.25. The number of ether oxygens (including phenoxy) is 2. The Bertz CT molecular complexity index is 715. The smallest absolute Gasteiger partial charge is 0.220 e. The van der Waals surface area contributed by atoms with Gasteiger partial charge in [-0.05, 0) is 54.7 Å². The van der Waals surface area contributed by atoms with Gasteiger partial charge < -0.3 is 14.8 Å². The van der Waals surface area contributed by atoms with Gasteiger partial charge in [0.05, 0.1) is 0 Å². The molecule has 0 bridgehead atoms. The Morgan fingerprint density at radius 3 is 2.48 bits per heavy atom. The lowest BCUT2D eigenvalue weighted by Crippen LogP contribution is -2.22. The highest BCUT2D eigenvalue weighted by Crippen LogP contribution is 2.30. The van der Waals surface area contributed by atoms with E-state index >= 15 is 0 Å². The first kappa shape index (κ1) is 17.8. The van der Waals surface area contributed by atoms with Gasteiger partial charge in [-0.15, -0.1) is 0 Å². The fourth-order valence-electron chi connectivity index (χ4n) is 2.75. The number of halogens is 1. The van der Waals surface area contributed by atoms with Gasteiger partial charge in [0.1, 0.15) is 13.2 Å². The first-order valence-electron chi connectivity index (χ1n) is 8.60. The third-order valence-electron chi connectivity index (χ3n) is 4.13. The van der Waals surface area contributed by atoms with Crippen LogP contribution in [0.1, 0.15) is 30.4 Å². The molecule has 0 unspecified atom stereocenters. The van der Waals surface area contributed by atoms with Crippen LogP contribution in [0, 0.1) is 0 Å². The second-order valence-electron chi connectivity index (χ2n) is 6.09. The van der Waals surface area contributed by atoms with Crippen LogP contribution in [0.2, 0.25) is 0 Å². The Hall–Kier alpha value is -2.01. The van der Waals surface area contributed by atoms with Crippen molar-refractivity contribution < 1.29 is 14.3 Å². The summed E-state index contributed by atoms with van der Waals surface area (Å²) in [5.74, 6) is 1.62. The molecule has 0 radical (unpaired) electrons. The van der Waals surface area contributed by atoms with Crippen LogP contribution in [0.25, 0.3) is 0 Å². The highest BCUT2D eigenvalue weighted by molar-refractivity contribution is 9.10. The van der Waals surface area contributed by atoms with E-state index in [1.165, 1.54) is 5.56 Å². The largest absolute Gasteiger partial charge is 0.486 e. The van der Waals surface area contributed by atoms with Crippen LogP contribution >= 0.6 is 15.9 Å². The van der Waals surface area contributed by atoms with E-state index in [0.717, 1.165) is 40.8 Å². The molecule has 1 aliphatic heterocycles. The molecule has 0 spiro atoms. The SMILES string of the molecule is O=C(CCCCc1ccc(Br)cc1)NCc1ccc2c(c1)OCCO2. The van der Waals surface area contributed by atoms with Crippen LogP contribution < -0.4 is 14.8 Å². The fourth-order valence-corrected chi connectivity index (χ4v) is 3.02. The zero-order valence-electron chi connectivity index (χ0n) is 14.1. The number of carbonyl (C=O) groups excluding carboxylic acids is 1. The molecular formula is C20H22BrNO3. The van der Waals surface area contributed by atoms with Crippen molar-refractivity contribution in [1.29, 1.82) is 0 Å². The van der Waals surface area contributed by atoms with Crippen molar-refractivity contribution in [2.45, 2.75) is 32.2 Å². The second-order valence-corrected chi connectivity index (χ2v) is 7.00. The molecule has 25 heavy (non-hydrogen) atoms. The minimum Gasteiger partial charge on any atom is -0.486 e. The number of aryl methyl sites for hydroxylation is 1. The second kappa shape index (κ2) is 8.90. The average molecular weight is 404 g/mol. The number of hydrogen-bond acceptors (Lipinski definition) is 3. The van der Waals surface area contributed by atoms with E-state index in [1.807, 2.05) is 18.2 Å². The van der Waals surface area contributed by atoms with Crippen LogP contribution in [0.15, 0.2) is 46.9 Å². The van der Waals surface area contributed by atoms with Crippen molar-refractivity contribution in [3.05, 3.63) is 58.1 Å². The van der Waals surface area contributed by atoms with Gasteiger partial charge in [0.2, 0.25) is 5.91 Å². The maximum Gasteiger partial charge on any atom is 0.220 e. The van der Waals surface area contributed by atoms with E-state index in [0.29, 0.717) is 26.2 Å². The maximum absolute atomic E-state index is 12.0. The first-order chi connectivity index (χ1) is 12.2. The van der Waals surface area contributed by atoms with Gasteiger partial charge in [0.25, 0.3) is 0 Å². The molecule has 5 heteroatoms. The fraction of sp³-hybridized carbons (Fsp3) is 0.350. The highest BCUT2D eigenvalue weighted by Gasteiger charge is 2.12. The molecule has 0 saturated heterocycles. The number of rotatable bonds is 7. The average Bonchev–Trinajstić information content (AvgIpc) is 2.65. The lowest BCUT2D eigenvalue weighted by Gasteiger charge is -2.19. The van der Waals surface area contributed by atoms with Crippen molar-refractivity contribution in [2.75, 3.05) is 13.2 Å². The van der Waals surface area contributed by atoms with E-state index in [4.69, 9.17) is 9.47 Å².